The lowest BCUT2D eigenvalue weighted by molar-refractivity contribution is -0.127. The number of rotatable bonds is 10. The number of carbonyl (C=O) groups is 2. The zero-order valence-electron chi connectivity index (χ0n) is 18.6. The van der Waals surface area contributed by atoms with Crippen molar-refractivity contribution in [1.82, 2.24) is 10.2 Å². The summed E-state index contributed by atoms with van der Waals surface area (Å²) in [6, 6.07) is 11.1. The van der Waals surface area contributed by atoms with Gasteiger partial charge in [-0.05, 0) is 55.7 Å². The fourth-order valence-electron chi connectivity index (χ4n) is 4.24. The Morgan fingerprint density at radius 2 is 1.94 bits per heavy atom. The van der Waals surface area contributed by atoms with E-state index in [2.05, 4.69) is 5.32 Å². The van der Waals surface area contributed by atoms with Gasteiger partial charge in [-0.15, -0.1) is 11.3 Å². The van der Waals surface area contributed by atoms with Crippen LogP contribution in [0.25, 0.3) is 0 Å². The molecule has 1 aliphatic carbocycles. The van der Waals surface area contributed by atoms with E-state index in [1.807, 2.05) is 55.6 Å². The number of thiophene rings is 1. The molecular formula is C25H34N2O3S. The Bertz CT molecular complexity index is 831. The second-order valence-electron chi connectivity index (χ2n) is 8.13. The molecule has 1 N–H and O–H groups in total. The van der Waals surface area contributed by atoms with Gasteiger partial charge in [0.1, 0.15) is 6.04 Å². The first-order valence-corrected chi connectivity index (χ1v) is 12.3. The van der Waals surface area contributed by atoms with Gasteiger partial charge in [0.15, 0.2) is 0 Å². The molecule has 0 radical (unpaired) electrons. The molecule has 6 heteroatoms. The molecule has 2 amide bonds. The quantitative estimate of drug-likeness (QED) is 0.520. The third kappa shape index (κ3) is 6.40. The monoisotopic (exact) mass is 442 g/mol. The minimum Gasteiger partial charge on any atom is -0.382 e. The Kier molecular flexibility index (Phi) is 9.10. The number of aryl methyl sites for hydroxylation is 1. The Morgan fingerprint density at radius 1 is 1.16 bits per heavy atom. The number of ether oxygens (including phenoxy) is 1. The van der Waals surface area contributed by atoms with Gasteiger partial charge >= 0.3 is 0 Å². The van der Waals surface area contributed by atoms with Gasteiger partial charge in [-0.1, -0.05) is 49.6 Å². The van der Waals surface area contributed by atoms with Gasteiger partial charge in [0.25, 0.3) is 5.91 Å². The van der Waals surface area contributed by atoms with Crippen LogP contribution in [0.1, 0.15) is 72.3 Å². The molecule has 2 aromatic rings. The van der Waals surface area contributed by atoms with Crippen LogP contribution in [-0.4, -0.2) is 42.5 Å². The third-order valence-corrected chi connectivity index (χ3v) is 6.74. The summed E-state index contributed by atoms with van der Waals surface area (Å²) in [5, 5.41) is 5.17. The van der Waals surface area contributed by atoms with E-state index in [0.717, 1.165) is 36.8 Å². The molecule has 0 aliphatic heterocycles. The number of hydrogen-bond acceptors (Lipinski definition) is 4. The fraction of sp³-hybridized carbons (Fsp3) is 0.520. The van der Waals surface area contributed by atoms with E-state index in [0.29, 0.717) is 31.1 Å². The van der Waals surface area contributed by atoms with Crippen molar-refractivity contribution in [1.29, 1.82) is 0 Å². The highest BCUT2D eigenvalue weighted by Gasteiger charge is 2.34. The second-order valence-corrected chi connectivity index (χ2v) is 9.08. The average Bonchev–Trinajstić information content (AvgIpc) is 3.32. The number of carbonyl (C=O) groups excluding carboxylic acids is 2. The smallest absolute Gasteiger partial charge is 0.264 e. The van der Waals surface area contributed by atoms with E-state index in [1.54, 1.807) is 4.90 Å². The maximum absolute atomic E-state index is 13.6. The highest BCUT2D eigenvalue weighted by molar-refractivity contribution is 7.12. The van der Waals surface area contributed by atoms with Crippen LogP contribution in [0.3, 0.4) is 0 Å². The molecule has 0 spiro atoms. The first-order valence-electron chi connectivity index (χ1n) is 11.4. The molecule has 1 fully saturated rings. The van der Waals surface area contributed by atoms with Crippen LogP contribution >= 0.6 is 11.3 Å². The van der Waals surface area contributed by atoms with Gasteiger partial charge in [-0.3, -0.25) is 9.59 Å². The number of nitrogens with zero attached hydrogens (tertiary/aromatic N) is 1. The zero-order chi connectivity index (χ0) is 22.1. The molecule has 0 saturated heterocycles. The van der Waals surface area contributed by atoms with Crippen molar-refractivity contribution in [2.45, 2.75) is 64.5 Å². The highest BCUT2D eigenvalue weighted by Crippen LogP contribution is 2.28. The standard InChI is InChI=1S/C25H34N2O3S/c1-3-30-17-10-16-27(25(29)22-15-9-18-31-22)23(21-14-8-7-11-19(21)2)24(28)26-20-12-5-4-6-13-20/h7-9,11,14-15,18,20,23H,3-6,10,12-13,16-17H2,1-2H3,(H,26,28). The third-order valence-electron chi connectivity index (χ3n) is 5.88. The summed E-state index contributed by atoms with van der Waals surface area (Å²) >= 11 is 1.41. The summed E-state index contributed by atoms with van der Waals surface area (Å²) in [6.45, 7) is 5.64. The Morgan fingerprint density at radius 3 is 2.61 bits per heavy atom. The predicted molar refractivity (Wildman–Crippen MR) is 125 cm³/mol. The van der Waals surface area contributed by atoms with Crippen LogP contribution in [-0.2, 0) is 9.53 Å². The molecule has 1 unspecified atom stereocenters. The Hall–Kier alpha value is -2.18. The van der Waals surface area contributed by atoms with Gasteiger partial charge in [-0.25, -0.2) is 0 Å². The van der Waals surface area contributed by atoms with Crippen molar-refractivity contribution in [2.24, 2.45) is 0 Å². The van der Waals surface area contributed by atoms with Gasteiger partial charge in [0.2, 0.25) is 5.91 Å². The van der Waals surface area contributed by atoms with E-state index < -0.39 is 6.04 Å². The fourth-order valence-corrected chi connectivity index (χ4v) is 4.92. The van der Waals surface area contributed by atoms with Crippen LogP contribution in [0.5, 0.6) is 0 Å². The van der Waals surface area contributed by atoms with Crippen LogP contribution in [0, 0.1) is 6.92 Å². The van der Waals surface area contributed by atoms with Gasteiger partial charge in [0, 0.05) is 25.8 Å². The highest BCUT2D eigenvalue weighted by atomic mass is 32.1. The summed E-state index contributed by atoms with van der Waals surface area (Å²) in [5.74, 6) is -0.180. The maximum Gasteiger partial charge on any atom is 0.264 e. The van der Waals surface area contributed by atoms with Crippen LogP contribution < -0.4 is 5.32 Å². The molecule has 0 bridgehead atoms. The average molecular weight is 443 g/mol. The lowest BCUT2D eigenvalue weighted by Gasteiger charge is -2.34. The molecular weight excluding hydrogens is 408 g/mol. The normalized spacial score (nSPS) is 15.4. The number of nitrogens with one attached hydrogen (secondary N) is 1. The van der Waals surface area contributed by atoms with Crippen molar-refractivity contribution >= 4 is 23.2 Å². The first-order chi connectivity index (χ1) is 15.1. The number of benzene rings is 1. The van der Waals surface area contributed by atoms with Crippen molar-refractivity contribution in [3.63, 3.8) is 0 Å². The molecule has 5 nitrogen and oxygen atoms in total. The van der Waals surface area contributed by atoms with E-state index in [9.17, 15) is 9.59 Å². The first kappa shape index (κ1) is 23.5. The molecule has 31 heavy (non-hydrogen) atoms. The number of hydrogen-bond donors (Lipinski definition) is 1. The lowest BCUT2D eigenvalue weighted by atomic mass is 9.94. The lowest BCUT2D eigenvalue weighted by Crippen LogP contribution is -2.47. The number of amides is 2. The SMILES string of the molecule is CCOCCCN(C(=O)c1cccs1)C(C(=O)NC1CCCCC1)c1ccccc1C. The molecule has 3 rings (SSSR count). The van der Waals surface area contributed by atoms with E-state index in [4.69, 9.17) is 4.74 Å². The van der Waals surface area contributed by atoms with E-state index in [1.165, 1.54) is 17.8 Å². The molecule has 1 aliphatic rings. The van der Waals surface area contributed by atoms with Crippen molar-refractivity contribution in [2.75, 3.05) is 19.8 Å². The van der Waals surface area contributed by atoms with Crippen molar-refractivity contribution in [3.8, 4) is 0 Å². The molecule has 1 heterocycles. The van der Waals surface area contributed by atoms with Crippen molar-refractivity contribution < 1.29 is 14.3 Å². The Balaban J connectivity index is 1.91. The summed E-state index contributed by atoms with van der Waals surface area (Å²) in [6.07, 6.45) is 6.22. The van der Waals surface area contributed by atoms with E-state index >= 15 is 0 Å². The van der Waals surface area contributed by atoms with Gasteiger partial charge < -0.3 is 15.0 Å². The zero-order valence-corrected chi connectivity index (χ0v) is 19.5. The van der Waals surface area contributed by atoms with E-state index in [-0.39, 0.29) is 17.9 Å². The summed E-state index contributed by atoms with van der Waals surface area (Å²) in [4.78, 5) is 29.5. The predicted octanol–water partition coefficient (Wildman–Crippen LogP) is 5.12. The largest absolute Gasteiger partial charge is 0.382 e. The van der Waals surface area contributed by atoms with Crippen LogP contribution in [0.15, 0.2) is 41.8 Å². The minimum atomic E-state index is -0.653. The Labute approximate surface area is 189 Å². The summed E-state index contributed by atoms with van der Waals surface area (Å²) in [5.41, 5.74) is 1.90. The summed E-state index contributed by atoms with van der Waals surface area (Å²) in [7, 11) is 0. The topological polar surface area (TPSA) is 58.6 Å². The van der Waals surface area contributed by atoms with Crippen LogP contribution in [0.4, 0.5) is 0 Å². The maximum atomic E-state index is 13.6. The molecule has 1 saturated carbocycles. The summed E-state index contributed by atoms with van der Waals surface area (Å²) < 4.78 is 5.51. The second kappa shape index (κ2) is 12.0. The minimum absolute atomic E-state index is 0.0810. The van der Waals surface area contributed by atoms with Gasteiger partial charge in [0.05, 0.1) is 4.88 Å². The molecule has 168 valence electrons. The van der Waals surface area contributed by atoms with Crippen molar-refractivity contribution in [3.05, 3.63) is 57.8 Å². The van der Waals surface area contributed by atoms with Gasteiger partial charge in [-0.2, -0.15) is 0 Å². The molecule has 1 aromatic heterocycles. The molecule has 1 atom stereocenters. The molecule has 1 aromatic carbocycles. The van der Waals surface area contributed by atoms with Crippen LogP contribution in [0.2, 0.25) is 0 Å².